The number of hydrogen-bond acceptors (Lipinski definition) is 8. The Morgan fingerprint density at radius 1 is 1.17 bits per heavy atom. The predicted molar refractivity (Wildman–Crippen MR) is 141 cm³/mol. The molecule has 0 aliphatic carbocycles. The molecular weight excluding hydrogens is 497 g/mol. The van der Waals surface area contributed by atoms with E-state index in [-0.39, 0.29) is 0 Å². The lowest BCUT2D eigenvalue weighted by Crippen LogP contribution is -2.47. The van der Waals surface area contributed by atoms with Crippen molar-refractivity contribution in [1.82, 2.24) is 10.1 Å². The largest absolute Gasteiger partial charge is 0.494 e. The molecule has 36 heavy (non-hydrogen) atoms. The van der Waals surface area contributed by atoms with Crippen molar-refractivity contribution < 1.29 is 23.4 Å². The Morgan fingerprint density at radius 3 is 2.56 bits per heavy atom. The van der Waals surface area contributed by atoms with Crippen LogP contribution >= 0.6 is 17.7 Å². The molecule has 0 bridgehead atoms. The highest BCUT2D eigenvalue weighted by atomic mass is 32.7. The van der Waals surface area contributed by atoms with Crippen LogP contribution in [0, 0.1) is 13.8 Å². The fraction of sp³-hybridized carbons (Fsp3) is 0.423. The number of aromatic nitrogens is 2. The molecule has 0 saturated carbocycles. The number of benzene rings is 2. The number of carbonyl (C=O) groups excluding carboxylic acids is 1. The lowest BCUT2D eigenvalue weighted by atomic mass is 9.98. The van der Waals surface area contributed by atoms with E-state index >= 15 is 0 Å². The van der Waals surface area contributed by atoms with Crippen LogP contribution in [0.25, 0.3) is 11.4 Å². The van der Waals surface area contributed by atoms with E-state index in [1.165, 1.54) is 16.9 Å². The van der Waals surface area contributed by atoms with Gasteiger partial charge in [-0.05, 0) is 69.6 Å². The summed E-state index contributed by atoms with van der Waals surface area (Å²) in [6, 6.07) is 13.6. The molecule has 2 aromatic carbocycles. The van der Waals surface area contributed by atoms with Crippen LogP contribution in [0.4, 0.5) is 0 Å². The van der Waals surface area contributed by atoms with Crippen LogP contribution in [0.2, 0.25) is 0 Å². The quantitative estimate of drug-likeness (QED) is 0.274. The highest BCUT2D eigenvalue weighted by Gasteiger charge is 2.51. The zero-order valence-electron chi connectivity index (χ0n) is 20.9. The Balaban J connectivity index is 1.28. The van der Waals surface area contributed by atoms with Gasteiger partial charge in [0.05, 0.1) is 6.61 Å². The van der Waals surface area contributed by atoms with Crippen LogP contribution < -0.4 is 10.5 Å². The van der Waals surface area contributed by atoms with Crippen LogP contribution in [0.5, 0.6) is 5.75 Å². The number of primary amides is 1. The van der Waals surface area contributed by atoms with Gasteiger partial charge in [0.25, 0.3) is 0 Å². The molecule has 4 rings (SSSR count). The third-order valence-corrected chi connectivity index (χ3v) is 12.3. The van der Waals surface area contributed by atoms with Crippen LogP contribution in [-0.2, 0) is 20.5 Å². The summed E-state index contributed by atoms with van der Waals surface area (Å²) >= 11 is 1.23. The summed E-state index contributed by atoms with van der Waals surface area (Å²) in [5.41, 5.74) is 8.99. The molecular formula is C26H32N3O5PS. The normalized spacial score (nSPS) is 16.9. The van der Waals surface area contributed by atoms with Gasteiger partial charge in [0, 0.05) is 30.1 Å². The van der Waals surface area contributed by atoms with Crippen molar-refractivity contribution in [2.75, 3.05) is 26.5 Å². The van der Waals surface area contributed by atoms with Gasteiger partial charge in [-0.25, -0.2) is 0 Å². The minimum absolute atomic E-state index is 0.385. The molecule has 1 amide bonds. The predicted octanol–water partition coefficient (Wildman–Crippen LogP) is 5.40. The van der Waals surface area contributed by atoms with Crippen LogP contribution in [-0.4, -0.2) is 47.7 Å². The average Bonchev–Trinajstić information content (AvgIpc) is 3.31. The third-order valence-electron chi connectivity index (χ3n) is 6.55. The fourth-order valence-corrected chi connectivity index (χ4v) is 9.53. The molecule has 1 aliphatic rings. The molecule has 1 atom stereocenters. The summed E-state index contributed by atoms with van der Waals surface area (Å²) in [5.74, 6) is 1.38. The van der Waals surface area contributed by atoms with Gasteiger partial charge < -0.3 is 24.3 Å². The first-order valence-electron chi connectivity index (χ1n) is 12.0. The van der Waals surface area contributed by atoms with Crippen molar-refractivity contribution in [3.8, 4) is 17.1 Å². The topological polar surface area (TPSA) is 118 Å². The molecule has 1 aliphatic heterocycles. The number of carbonyl (C=O) groups is 1. The van der Waals surface area contributed by atoms with Crippen molar-refractivity contribution >= 4 is 23.6 Å². The van der Waals surface area contributed by atoms with E-state index in [0.29, 0.717) is 56.5 Å². The van der Waals surface area contributed by atoms with Gasteiger partial charge >= 0.3 is 0 Å². The van der Waals surface area contributed by atoms with E-state index in [9.17, 15) is 9.36 Å². The molecule has 0 spiro atoms. The van der Waals surface area contributed by atoms with Crippen LogP contribution in [0.15, 0.2) is 51.9 Å². The number of aryl methyl sites for hydroxylation is 3. The van der Waals surface area contributed by atoms with E-state index in [0.717, 1.165) is 22.4 Å². The Morgan fingerprint density at radius 2 is 1.89 bits per heavy atom. The number of ether oxygens (including phenoxy) is 2. The van der Waals surface area contributed by atoms with Crippen molar-refractivity contribution in [2.45, 2.75) is 49.6 Å². The van der Waals surface area contributed by atoms with Crippen molar-refractivity contribution in [3.63, 3.8) is 0 Å². The van der Waals surface area contributed by atoms with Crippen LogP contribution in [0.3, 0.4) is 0 Å². The second kappa shape index (κ2) is 11.2. The maximum atomic E-state index is 13.6. The van der Waals surface area contributed by atoms with Gasteiger partial charge in [0.15, 0.2) is 6.34 Å². The molecule has 2 N–H and O–H groups in total. The highest BCUT2D eigenvalue weighted by Crippen LogP contribution is 2.70. The maximum Gasteiger partial charge on any atom is 0.232 e. The van der Waals surface area contributed by atoms with E-state index < -0.39 is 17.4 Å². The van der Waals surface area contributed by atoms with Gasteiger partial charge in [-0.1, -0.05) is 40.3 Å². The van der Waals surface area contributed by atoms with Gasteiger partial charge in [0.1, 0.15) is 10.9 Å². The number of hydrogen-bond donors (Lipinski definition) is 1. The lowest BCUT2D eigenvalue weighted by Gasteiger charge is -2.38. The first kappa shape index (κ1) is 26.5. The molecule has 2 heterocycles. The standard InChI is InChI=1S/C26H32N3O5PS/c1-18-6-11-22(19(2)17-18)24-28-23(34-29-24)5-4-14-33-20-7-9-21(10-8-20)36-35(3,31)26(25(27)30)12-15-32-16-13-26/h6-11,17H,4-5,12-16H2,1-3H3,(H2,27,30). The molecule has 192 valence electrons. The fourth-order valence-electron chi connectivity index (χ4n) is 4.39. The third kappa shape index (κ3) is 5.85. The number of nitrogens with zero attached hydrogens (tertiary/aromatic N) is 2. The summed E-state index contributed by atoms with van der Waals surface area (Å²) in [6.07, 6.45) is -0.874. The monoisotopic (exact) mass is 529 g/mol. The molecule has 1 unspecified atom stereocenters. The molecule has 1 aromatic heterocycles. The first-order valence-corrected chi connectivity index (χ1v) is 15.6. The second-order valence-corrected chi connectivity index (χ2v) is 15.0. The highest BCUT2D eigenvalue weighted by molar-refractivity contribution is 8.58. The minimum Gasteiger partial charge on any atom is -0.494 e. The minimum atomic E-state index is -2.98. The Bertz CT molecular complexity index is 1250. The van der Waals surface area contributed by atoms with Gasteiger partial charge in [-0.15, -0.1) is 0 Å². The molecule has 1 saturated heterocycles. The first-order chi connectivity index (χ1) is 17.2. The molecule has 10 heteroatoms. The van der Waals surface area contributed by atoms with Crippen molar-refractivity contribution in [2.24, 2.45) is 5.73 Å². The van der Waals surface area contributed by atoms with Crippen molar-refractivity contribution in [3.05, 3.63) is 59.5 Å². The lowest BCUT2D eigenvalue weighted by molar-refractivity contribution is -0.122. The number of rotatable bonds is 10. The summed E-state index contributed by atoms with van der Waals surface area (Å²) in [7, 11) is 0. The maximum absolute atomic E-state index is 13.6. The number of nitrogens with two attached hydrogens (primary N) is 1. The summed E-state index contributed by atoms with van der Waals surface area (Å²) in [5, 5.41) is 3.08. The van der Waals surface area contributed by atoms with E-state index in [4.69, 9.17) is 19.7 Å². The molecule has 0 radical (unpaired) electrons. The molecule has 1 fully saturated rings. The van der Waals surface area contributed by atoms with E-state index in [1.807, 2.05) is 43.3 Å². The number of amides is 1. The second-order valence-electron chi connectivity index (χ2n) is 9.20. The Hall–Kier alpha value is -2.61. The van der Waals surface area contributed by atoms with Crippen molar-refractivity contribution in [1.29, 1.82) is 0 Å². The Labute approximate surface area is 215 Å². The summed E-state index contributed by atoms with van der Waals surface area (Å²) in [4.78, 5) is 17.6. The zero-order chi connectivity index (χ0) is 25.8. The zero-order valence-corrected chi connectivity index (χ0v) is 22.6. The van der Waals surface area contributed by atoms with Crippen LogP contribution in [0.1, 0.15) is 36.3 Å². The Kier molecular flexibility index (Phi) is 8.23. The van der Waals surface area contributed by atoms with Gasteiger partial charge in [-0.2, -0.15) is 4.98 Å². The van der Waals surface area contributed by atoms with E-state index in [1.54, 1.807) is 6.66 Å². The van der Waals surface area contributed by atoms with Gasteiger partial charge in [-0.3, -0.25) is 4.79 Å². The summed E-state index contributed by atoms with van der Waals surface area (Å²) in [6.45, 7) is 7.02. The van der Waals surface area contributed by atoms with Gasteiger partial charge in [0.2, 0.25) is 17.6 Å². The van der Waals surface area contributed by atoms with E-state index in [2.05, 4.69) is 23.1 Å². The molecule has 3 aromatic rings. The average molecular weight is 530 g/mol. The summed E-state index contributed by atoms with van der Waals surface area (Å²) < 4.78 is 30.2. The smallest absolute Gasteiger partial charge is 0.232 e. The SMILES string of the molecule is Cc1ccc(-c2noc(CCCOc3ccc(SP(C)(=O)C4(C(N)=O)CCOCC4)cc3)n2)c(C)c1. The molecule has 8 nitrogen and oxygen atoms in total.